The number of hydrogen-bond donors (Lipinski definition) is 2. The third-order valence-electron chi connectivity index (χ3n) is 4.33. The van der Waals surface area contributed by atoms with Crippen molar-refractivity contribution in [2.45, 2.75) is 38.4 Å². The minimum absolute atomic E-state index is 0.00297. The summed E-state index contributed by atoms with van der Waals surface area (Å²) in [5, 5.41) is 9.92. The van der Waals surface area contributed by atoms with Gasteiger partial charge in [-0.15, -0.1) is 0 Å². The van der Waals surface area contributed by atoms with Crippen LogP contribution in [0.3, 0.4) is 0 Å². The zero-order chi connectivity index (χ0) is 17.6. The van der Waals surface area contributed by atoms with Crippen molar-refractivity contribution in [3.63, 3.8) is 0 Å². The van der Waals surface area contributed by atoms with Crippen LogP contribution >= 0.6 is 11.3 Å². The normalized spacial score (nSPS) is 20.5. The number of carbonyl (C=O) groups is 2. The van der Waals surface area contributed by atoms with E-state index in [-0.39, 0.29) is 23.9 Å². The van der Waals surface area contributed by atoms with Gasteiger partial charge in [0, 0.05) is 31.2 Å². The third kappa shape index (κ3) is 4.70. The summed E-state index contributed by atoms with van der Waals surface area (Å²) >= 11 is 1.59. The monoisotopic (exact) mass is 361 g/mol. The smallest absolute Gasteiger partial charge is 0.237 e. The zero-order valence-corrected chi connectivity index (χ0v) is 15.1. The molecule has 134 valence electrons. The maximum absolute atomic E-state index is 12.4. The van der Waals surface area contributed by atoms with Gasteiger partial charge in [0.25, 0.3) is 0 Å². The van der Waals surface area contributed by atoms with Crippen molar-refractivity contribution in [1.82, 2.24) is 15.5 Å². The topological polar surface area (TPSA) is 74.6 Å². The van der Waals surface area contributed by atoms with Crippen LogP contribution in [0.4, 0.5) is 0 Å². The Morgan fingerprint density at radius 2 is 2.24 bits per heavy atom. The summed E-state index contributed by atoms with van der Waals surface area (Å²) in [4.78, 5) is 26.7. The van der Waals surface area contributed by atoms with Crippen LogP contribution in [0, 0.1) is 0 Å². The van der Waals surface area contributed by atoms with Crippen LogP contribution in [0.25, 0.3) is 0 Å². The van der Waals surface area contributed by atoms with Gasteiger partial charge in [-0.2, -0.15) is 11.3 Å². The van der Waals surface area contributed by atoms with Crippen LogP contribution in [0.5, 0.6) is 0 Å². The second kappa shape index (κ2) is 8.31. The highest BCUT2D eigenvalue weighted by atomic mass is 32.1. The summed E-state index contributed by atoms with van der Waals surface area (Å²) in [6.45, 7) is 3.80. The molecule has 1 aliphatic rings. The van der Waals surface area contributed by atoms with Gasteiger partial charge in [-0.05, 0) is 41.8 Å². The van der Waals surface area contributed by atoms with Crippen LogP contribution in [0.1, 0.15) is 24.5 Å². The summed E-state index contributed by atoms with van der Waals surface area (Å²) in [6, 6.07) is 3.60. The van der Waals surface area contributed by atoms with Gasteiger partial charge in [-0.3, -0.25) is 14.5 Å². The quantitative estimate of drug-likeness (QED) is 0.788. The van der Waals surface area contributed by atoms with Gasteiger partial charge in [0.2, 0.25) is 11.8 Å². The molecule has 0 spiro atoms. The van der Waals surface area contributed by atoms with Crippen LogP contribution in [-0.2, 0) is 22.6 Å². The number of thiophene rings is 1. The van der Waals surface area contributed by atoms with E-state index in [0.717, 1.165) is 11.1 Å². The maximum atomic E-state index is 12.4. The lowest BCUT2D eigenvalue weighted by atomic mass is 10.1. The molecule has 2 N–H and O–H groups in total. The highest BCUT2D eigenvalue weighted by Crippen LogP contribution is 2.21. The number of likely N-dealkylation sites (N-methyl/N-ethyl adjacent to an activating group) is 1. The zero-order valence-electron chi connectivity index (χ0n) is 14.2. The molecule has 0 bridgehead atoms. The van der Waals surface area contributed by atoms with E-state index >= 15 is 0 Å². The molecule has 6 nitrogen and oxygen atoms in total. The molecule has 1 saturated heterocycles. The van der Waals surface area contributed by atoms with Gasteiger partial charge in [-0.1, -0.05) is 0 Å². The molecule has 1 aliphatic heterocycles. The minimum atomic E-state index is -0.235. The van der Waals surface area contributed by atoms with Crippen molar-refractivity contribution >= 4 is 23.2 Å². The van der Waals surface area contributed by atoms with Gasteiger partial charge < -0.3 is 15.1 Å². The number of carbonyl (C=O) groups excluding carboxylic acids is 2. The van der Waals surface area contributed by atoms with Crippen molar-refractivity contribution < 1.29 is 14.0 Å². The fourth-order valence-corrected chi connectivity index (χ4v) is 3.89. The van der Waals surface area contributed by atoms with Crippen molar-refractivity contribution in [3.05, 3.63) is 46.5 Å². The fraction of sp³-hybridized carbons (Fsp3) is 0.444. The molecule has 25 heavy (non-hydrogen) atoms. The Morgan fingerprint density at radius 3 is 2.92 bits per heavy atom. The van der Waals surface area contributed by atoms with Crippen LogP contribution in [-0.4, -0.2) is 41.9 Å². The molecule has 0 aliphatic carbocycles. The highest BCUT2D eigenvalue weighted by Gasteiger charge is 2.37. The highest BCUT2D eigenvalue weighted by molar-refractivity contribution is 7.08. The first-order valence-corrected chi connectivity index (χ1v) is 9.43. The Hall–Kier alpha value is -2.12. The molecular weight excluding hydrogens is 338 g/mol. The number of hydrogen-bond acceptors (Lipinski definition) is 5. The molecule has 2 aromatic rings. The number of furan rings is 1. The first-order valence-electron chi connectivity index (χ1n) is 8.49. The Morgan fingerprint density at radius 1 is 1.36 bits per heavy atom. The van der Waals surface area contributed by atoms with E-state index in [1.165, 1.54) is 0 Å². The molecule has 0 unspecified atom stereocenters. The molecule has 7 heteroatoms. The van der Waals surface area contributed by atoms with E-state index in [1.54, 1.807) is 23.9 Å². The standard InChI is InChI=1S/C18H23N3O3S/c1-2-19-18(23)16-8-15(10-21(16)9-14-3-5-24-11-14)20-17(22)7-13-4-6-25-12-13/h3-6,11-12,15-16H,2,7-10H2,1H3,(H,19,23)(H,20,22)/t15-,16-/m0/s1. The molecule has 3 rings (SSSR count). The van der Waals surface area contributed by atoms with Gasteiger partial charge in [0.15, 0.2) is 0 Å². The van der Waals surface area contributed by atoms with Crippen LogP contribution in [0.2, 0.25) is 0 Å². The second-order valence-electron chi connectivity index (χ2n) is 6.28. The first kappa shape index (κ1) is 17.7. The Bertz CT molecular complexity index is 685. The van der Waals surface area contributed by atoms with E-state index in [2.05, 4.69) is 15.5 Å². The van der Waals surface area contributed by atoms with E-state index in [9.17, 15) is 9.59 Å². The van der Waals surface area contributed by atoms with Gasteiger partial charge >= 0.3 is 0 Å². The molecule has 0 radical (unpaired) electrons. The fourth-order valence-electron chi connectivity index (χ4n) is 3.22. The van der Waals surface area contributed by atoms with Gasteiger partial charge in [0.05, 0.1) is 25.0 Å². The molecular formula is C18H23N3O3S. The molecule has 3 heterocycles. The van der Waals surface area contributed by atoms with Crippen molar-refractivity contribution in [2.75, 3.05) is 13.1 Å². The van der Waals surface area contributed by atoms with E-state index in [0.29, 0.717) is 32.5 Å². The predicted molar refractivity (Wildman–Crippen MR) is 96.2 cm³/mol. The number of amides is 2. The summed E-state index contributed by atoms with van der Waals surface area (Å²) in [5.41, 5.74) is 2.05. The van der Waals surface area contributed by atoms with Crippen LogP contribution < -0.4 is 10.6 Å². The lowest BCUT2D eigenvalue weighted by Gasteiger charge is -2.22. The predicted octanol–water partition coefficient (Wildman–Crippen LogP) is 1.78. The molecule has 2 aromatic heterocycles. The number of rotatable bonds is 7. The molecule has 0 saturated carbocycles. The average Bonchev–Trinajstić information content (AvgIpc) is 3.30. The van der Waals surface area contributed by atoms with Crippen molar-refractivity contribution in [2.24, 2.45) is 0 Å². The number of nitrogens with one attached hydrogen (secondary N) is 2. The first-order chi connectivity index (χ1) is 12.2. The molecule has 1 fully saturated rings. The number of nitrogens with zero attached hydrogens (tertiary/aromatic N) is 1. The molecule has 0 aromatic carbocycles. The molecule has 2 atom stereocenters. The Labute approximate surface area is 151 Å². The van der Waals surface area contributed by atoms with Gasteiger partial charge in [-0.25, -0.2) is 0 Å². The van der Waals surface area contributed by atoms with Gasteiger partial charge in [0.1, 0.15) is 0 Å². The second-order valence-corrected chi connectivity index (χ2v) is 7.06. The summed E-state index contributed by atoms with van der Waals surface area (Å²) < 4.78 is 5.12. The van der Waals surface area contributed by atoms with E-state index < -0.39 is 0 Å². The lowest BCUT2D eigenvalue weighted by molar-refractivity contribution is -0.125. The van der Waals surface area contributed by atoms with Crippen LogP contribution in [0.15, 0.2) is 39.8 Å². The van der Waals surface area contributed by atoms with Crippen molar-refractivity contribution in [3.8, 4) is 0 Å². The molecule has 2 amide bonds. The third-order valence-corrected chi connectivity index (χ3v) is 5.06. The maximum Gasteiger partial charge on any atom is 0.237 e. The SMILES string of the molecule is CCNC(=O)[C@@H]1C[C@H](NC(=O)Cc2ccsc2)CN1Cc1ccoc1. The summed E-state index contributed by atoms with van der Waals surface area (Å²) in [5.74, 6) is 0.0174. The largest absolute Gasteiger partial charge is 0.472 e. The summed E-state index contributed by atoms with van der Waals surface area (Å²) in [6.07, 6.45) is 4.33. The Balaban J connectivity index is 1.61. The van der Waals surface area contributed by atoms with E-state index in [4.69, 9.17) is 4.42 Å². The van der Waals surface area contributed by atoms with E-state index in [1.807, 2.05) is 29.8 Å². The number of likely N-dealkylation sites (tertiary alicyclic amines) is 1. The Kier molecular flexibility index (Phi) is 5.88. The minimum Gasteiger partial charge on any atom is -0.472 e. The summed E-state index contributed by atoms with van der Waals surface area (Å²) in [7, 11) is 0. The lowest BCUT2D eigenvalue weighted by Crippen LogP contribution is -2.42. The van der Waals surface area contributed by atoms with Crippen molar-refractivity contribution in [1.29, 1.82) is 0 Å². The average molecular weight is 361 g/mol.